The fraction of sp³-hybridized carbons (Fsp3) is 0.250. The molecule has 0 unspecified atom stereocenters. The lowest BCUT2D eigenvalue weighted by Gasteiger charge is -2.25. The molecule has 5 nitrogen and oxygen atoms in total. The van der Waals surface area contributed by atoms with Gasteiger partial charge in [-0.3, -0.25) is 5.32 Å². The van der Waals surface area contributed by atoms with Crippen LogP contribution in [0, 0.1) is 11.6 Å². The third-order valence-corrected chi connectivity index (χ3v) is 3.32. The quantitative estimate of drug-likeness (QED) is 0.891. The molecule has 7 heteroatoms. The van der Waals surface area contributed by atoms with E-state index in [1.54, 1.807) is 43.4 Å². The number of anilines is 1. The zero-order chi connectivity index (χ0) is 16.8. The molecule has 0 saturated carbocycles. The first-order valence-electron chi connectivity index (χ1n) is 7.05. The maximum absolute atomic E-state index is 13.9. The third-order valence-electron chi connectivity index (χ3n) is 3.32. The molecule has 122 valence electrons. The van der Waals surface area contributed by atoms with Gasteiger partial charge in [-0.05, 0) is 38.4 Å². The molecule has 0 fully saturated rings. The van der Waals surface area contributed by atoms with Crippen LogP contribution >= 0.6 is 0 Å². The highest BCUT2D eigenvalue weighted by Crippen LogP contribution is 2.23. The Hall–Kier alpha value is -2.54. The Morgan fingerprint density at radius 2 is 1.87 bits per heavy atom. The van der Waals surface area contributed by atoms with Gasteiger partial charge < -0.3 is 10.2 Å². The van der Waals surface area contributed by atoms with Gasteiger partial charge >= 0.3 is 6.03 Å². The molecule has 0 spiro atoms. The number of amides is 2. The first kappa shape index (κ1) is 16.8. The van der Waals surface area contributed by atoms with E-state index in [1.165, 1.54) is 18.2 Å². The lowest BCUT2D eigenvalue weighted by Crippen LogP contribution is -2.37. The number of rotatable bonds is 5. The van der Waals surface area contributed by atoms with Gasteiger partial charge in [0.05, 0.1) is 6.04 Å². The van der Waals surface area contributed by atoms with Crippen LogP contribution in [0.4, 0.5) is 19.4 Å². The van der Waals surface area contributed by atoms with Crippen LogP contribution in [0.3, 0.4) is 0 Å². The van der Waals surface area contributed by atoms with Crippen molar-refractivity contribution >= 4 is 11.8 Å². The van der Waals surface area contributed by atoms with E-state index in [9.17, 15) is 13.6 Å². The topological polar surface area (TPSA) is 57.3 Å². The van der Waals surface area contributed by atoms with Crippen molar-refractivity contribution in [1.29, 1.82) is 0 Å². The van der Waals surface area contributed by atoms with Crippen LogP contribution in [0.15, 0.2) is 42.6 Å². The molecule has 0 bridgehead atoms. The Morgan fingerprint density at radius 3 is 2.43 bits per heavy atom. The van der Waals surface area contributed by atoms with Crippen LogP contribution < -0.4 is 10.6 Å². The zero-order valence-electron chi connectivity index (χ0n) is 12.9. The van der Waals surface area contributed by atoms with E-state index >= 15 is 0 Å². The molecular formula is C16H18F2N4O. The Balaban J connectivity index is 2.05. The number of hydrogen-bond donors (Lipinski definition) is 2. The fourth-order valence-electron chi connectivity index (χ4n) is 2.16. The predicted molar refractivity (Wildman–Crippen MR) is 84.0 cm³/mol. The number of aromatic nitrogens is 1. The third kappa shape index (κ3) is 4.46. The van der Waals surface area contributed by atoms with E-state index in [0.717, 1.165) is 0 Å². The minimum Gasteiger partial charge on any atom is -0.336 e. The zero-order valence-corrected chi connectivity index (χ0v) is 12.9. The average Bonchev–Trinajstić information content (AvgIpc) is 2.50. The molecule has 1 heterocycles. The minimum atomic E-state index is -0.643. The van der Waals surface area contributed by atoms with Gasteiger partial charge in [-0.2, -0.15) is 0 Å². The second-order valence-corrected chi connectivity index (χ2v) is 5.16. The van der Waals surface area contributed by atoms with Crippen molar-refractivity contribution in [3.8, 4) is 0 Å². The SMILES string of the molecule is CN(C)[C@H](CNC(=O)Nc1ccccn1)c1c(F)cccc1F. The summed E-state index contributed by atoms with van der Waals surface area (Å²) >= 11 is 0. The van der Waals surface area contributed by atoms with Crippen molar-refractivity contribution in [3.63, 3.8) is 0 Å². The van der Waals surface area contributed by atoms with Gasteiger partial charge in [0, 0.05) is 18.3 Å². The molecular weight excluding hydrogens is 302 g/mol. The van der Waals surface area contributed by atoms with Crippen LogP contribution in [0.1, 0.15) is 11.6 Å². The Labute approximate surface area is 133 Å². The second kappa shape index (κ2) is 7.64. The molecule has 1 aromatic carbocycles. The van der Waals surface area contributed by atoms with Crippen molar-refractivity contribution in [2.24, 2.45) is 0 Å². The molecule has 2 N–H and O–H groups in total. The van der Waals surface area contributed by atoms with Gasteiger partial charge in [-0.15, -0.1) is 0 Å². The van der Waals surface area contributed by atoms with E-state index in [2.05, 4.69) is 15.6 Å². The highest BCUT2D eigenvalue weighted by Gasteiger charge is 2.22. The molecule has 23 heavy (non-hydrogen) atoms. The highest BCUT2D eigenvalue weighted by molar-refractivity contribution is 5.88. The number of carbonyl (C=O) groups is 1. The fourth-order valence-corrected chi connectivity index (χ4v) is 2.16. The Bertz CT molecular complexity index is 644. The summed E-state index contributed by atoms with van der Waals surface area (Å²) in [5.41, 5.74) is -0.0735. The molecule has 0 aliphatic rings. The summed E-state index contributed by atoms with van der Waals surface area (Å²) in [5, 5.41) is 5.15. The van der Waals surface area contributed by atoms with Crippen molar-refractivity contribution in [3.05, 3.63) is 59.8 Å². The van der Waals surface area contributed by atoms with Crippen molar-refractivity contribution in [2.45, 2.75) is 6.04 Å². The van der Waals surface area contributed by atoms with Gasteiger partial charge in [-0.25, -0.2) is 18.6 Å². The van der Waals surface area contributed by atoms with Crippen LogP contribution in [0.5, 0.6) is 0 Å². The normalized spacial score (nSPS) is 12.0. The number of halogens is 2. The van der Waals surface area contributed by atoms with Crippen LogP contribution in [-0.2, 0) is 0 Å². The predicted octanol–water partition coefficient (Wildman–Crippen LogP) is 2.78. The molecule has 0 aliphatic heterocycles. The Kier molecular flexibility index (Phi) is 5.59. The first-order valence-corrected chi connectivity index (χ1v) is 7.05. The number of hydrogen-bond acceptors (Lipinski definition) is 3. The number of benzene rings is 1. The number of nitrogens with zero attached hydrogens (tertiary/aromatic N) is 2. The lowest BCUT2D eigenvalue weighted by molar-refractivity contribution is 0.240. The summed E-state index contributed by atoms with van der Waals surface area (Å²) in [5.74, 6) is -0.894. The molecule has 0 radical (unpaired) electrons. The van der Waals surface area contributed by atoms with Crippen LogP contribution in [0.25, 0.3) is 0 Å². The smallest absolute Gasteiger partial charge is 0.320 e. The van der Waals surface area contributed by atoms with Crippen LogP contribution in [-0.4, -0.2) is 36.6 Å². The lowest BCUT2D eigenvalue weighted by atomic mass is 10.0. The second-order valence-electron chi connectivity index (χ2n) is 5.16. The van der Waals surface area contributed by atoms with E-state index in [0.29, 0.717) is 5.82 Å². The molecule has 1 aromatic heterocycles. The van der Waals surface area contributed by atoms with E-state index < -0.39 is 23.7 Å². The molecule has 1 atom stereocenters. The largest absolute Gasteiger partial charge is 0.336 e. The molecule has 2 rings (SSSR count). The molecule has 2 aromatic rings. The first-order chi connectivity index (χ1) is 11.0. The van der Waals surface area contributed by atoms with Crippen LogP contribution in [0.2, 0.25) is 0 Å². The summed E-state index contributed by atoms with van der Waals surface area (Å²) in [6, 6.07) is 7.68. The average molecular weight is 320 g/mol. The van der Waals surface area contributed by atoms with Gasteiger partial charge in [0.2, 0.25) is 0 Å². The number of urea groups is 1. The Morgan fingerprint density at radius 1 is 1.17 bits per heavy atom. The minimum absolute atomic E-state index is 0.0452. The van der Waals surface area contributed by atoms with Gasteiger partial charge in [-0.1, -0.05) is 12.1 Å². The molecule has 0 aliphatic carbocycles. The van der Waals surface area contributed by atoms with Gasteiger partial charge in [0.15, 0.2) is 0 Å². The maximum Gasteiger partial charge on any atom is 0.320 e. The number of nitrogens with one attached hydrogen (secondary N) is 2. The van der Waals surface area contributed by atoms with E-state index in [4.69, 9.17) is 0 Å². The summed E-state index contributed by atoms with van der Waals surface area (Å²) in [4.78, 5) is 17.5. The summed E-state index contributed by atoms with van der Waals surface area (Å²) in [6.45, 7) is 0.0452. The number of carbonyl (C=O) groups excluding carboxylic acids is 1. The van der Waals surface area contributed by atoms with Crippen molar-refractivity contribution in [2.75, 3.05) is 26.0 Å². The molecule has 0 saturated heterocycles. The van der Waals surface area contributed by atoms with Crippen molar-refractivity contribution in [1.82, 2.24) is 15.2 Å². The maximum atomic E-state index is 13.9. The standard InChI is InChI=1S/C16H18F2N4O/c1-22(2)13(15-11(17)6-5-7-12(15)18)10-20-16(23)21-14-8-3-4-9-19-14/h3-9,13H,10H2,1-2H3,(H2,19,20,21,23)/t13-/m1/s1. The van der Waals surface area contributed by atoms with Gasteiger partial charge in [0.1, 0.15) is 17.5 Å². The number of likely N-dealkylation sites (N-methyl/N-ethyl adjacent to an activating group) is 1. The van der Waals surface area contributed by atoms with E-state index in [-0.39, 0.29) is 12.1 Å². The summed E-state index contributed by atoms with van der Waals surface area (Å²) < 4.78 is 27.9. The summed E-state index contributed by atoms with van der Waals surface area (Å²) in [7, 11) is 3.38. The monoisotopic (exact) mass is 320 g/mol. The van der Waals surface area contributed by atoms with E-state index in [1.807, 2.05) is 0 Å². The highest BCUT2D eigenvalue weighted by atomic mass is 19.1. The number of pyridine rings is 1. The van der Waals surface area contributed by atoms with Gasteiger partial charge in [0.25, 0.3) is 0 Å². The summed E-state index contributed by atoms with van der Waals surface area (Å²) in [6.07, 6.45) is 1.55. The van der Waals surface area contributed by atoms with Crippen molar-refractivity contribution < 1.29 is 13.6 Å². The molecule has 2 amide bonds.